The predicted octanol–water partition coefficient (Wildman–Crippen LogP) is 9.81. The van der Waals surface area contributed by atoms with Crippen LogP contribution in [-0.4, -0.2) is 0 Å². The van der Waals surface area contributed by atoms with E-state index in [0.29, 0.717) is 11.1 Å². The average molecular weight is 581 g/mol. The third kappa shape index (κ3) is 6.27. The Labute approximate surface area is 236 Å². The summed E-state index contributed by atoms with van der Waals surface area (Å²) in [6.45, 7) is 0. The Morgan fingerprint density at radius 1 is 0.452 bits per heavy atom. The van der Waals surface area contributed by atoms with Gasteiger partial charge in [0, 0.05) is 11.4 Å². The summed E-state index contributed by atoms with van der Waals surface area (Å²) in [5, 5.41) is 0. The van der Waals surface area contributed by atoms with E-state index in [2.05, 4.69) is 0 Å². The number of nitrogens with two attached hydrogens (primary N) is 2. The van der Waals surface area contributed by atoms with Crippen LogP contribution in [0.2, 0.25) is 0 Å². The molecule has 10 heteroatoms. The van der Waals surface area contributed by atoms with Crippen molar-refractivity contribution >= 4 is 11.4 Å². The summed E-state index contributed by atoms with van der Waals surface area (Å²) in [5.41, 5.74) is 11.8. The summed E-state index contributed by atoms with van der Waals surface area (Å²) in [6.07, 6.45) is -9.37. The van der Waals surface area contributed by atoms with Crippen LogP contribution in [0.4, 0.5) is 37.7 Å². The first-order valence-corrected chi connectivity index (χ1v) is 12.5. The number of halogens is 6. The minimum Gasteiger partial charge on any atom is -0.457 e. The van der Waals surface area contributed by atoms with E-state index in [1.165, 1.54) is 24.3 Å². The highest BCUT2D eigenvalue weighted by Gasteiger charge is 2.36. The van der Waals surface area contributed by atoms with Crippen molar-refractivity contribution in [3.63, 3.8) is 0 Å². The van der Waals surface area contributed by atoms with E-state index in [1.54, 1.807) is 30.3 Å². The predicted molar refractivity (Wildman–Crippen MR) is 149 cm³/mol. The zero-order valence-corrected chi connectivity index (χ0v) is 21.6. The zero-order valence-electron chi connectivity index (χ0n) is 21.6. The molecule has 0 saturated carbocycles. The summed E-state index contributed by atoms with van der Waals surface area (Å²) in [6, 6.07) is 26.9. The van der Waals surface area contributed by atoms with Crippen LogP contribution in [0.5, 0.6) is 23.0 Å². The molecule has 0 atom stereocenters. The van der Waals surface area contributed by atoms with Crippen LogP contribution in [0.25, 0.3) is 22.3 Å². The van der Waals surface area contributed by atoms with Gasteiger partial charge in [0.2, 0.25) is 0 Å². The Morgan fingerprint density at radius 3 is 1.45 bits per heavy atom. The molecular formula is C32H22F6N2O2. The van der Waals surface area contributed by atoms with Gasteiger partial charge in [-0.05, 0) is 82.9 Å². The SMILES string of the molecule is Nc1ccc(Oc2ccc(-c3cc(Oc4ccc(N)cc4C(F)(F)F)ccc3-c3ccccc3)cc2)c(C(F)(F)F)c1. The molecule has 0 radical (unpaired) electrons. The van der Waals surface area contributed by atoms with Gasteiger partial charge in [-0.1, -0.05) is 48.5 Å². The topological polar surface area (TPSA) is 70.5 Å². The van der Waals surface area contributed by atoms with Crippen molar-refractivity contribution in [2.75, 3.05) is 11.5 Å². The highest BCUT2D eigenvalue weighted by atomic mass is 19.4. The molecule has 0 aliphatic rings. The second-order valence-electron chi connectivity index (χ2n) is 9.31. The molecule has 5 aromatic carbocycles. The number of alkyl halides is 6. The standard InChI is InChI=1S/C32H22F6N2O2/c33-31(34,35)27-16-21(39)8-14-29(27)41-23-10-6-20(7-11-23)26-18-24(12-13-25(26)19-4-2-1-3-5-19)42-30-15-9-22(40)17-28(30)32(36,37)38/h1-18H,39-40H2. The molecule has 0 bridgehead atoms. The fourth-order valence-corrected chi connectivity index (χ4v) is 4.37. The van der Waals surface area contributed by atoms with Crippen molar-refractivity contribution in [1.29, 1.82) is 0 Å². The molecule has 0 unspecified atom stereocenters. The third-order valence-electron chi connectivity index (χ3n) is 6.31. The molecule has 42 heavy (non-hydrogen) atoms. The lowest BCUT2D eigenvalue weighted by Gasteiger charge is -2.17. The van der Waals surface area contributed by atoms with Crippen LogP contribution in [0.3, 0.4) is 0 Å². The van der Waals surface area contributed by atoms with Crippen LogP contribution >= 0.6 is 0 Å². The Bertz CT molecular complexity index is 1720. The smallest absolute Gasteiger partial charge is 0.420 e. The Morgan fingerprint density at radius 2 is 0.929 bits per heavy atom. The lowest BCUT2D eigenvalue weighted by Crippen LogP contribution is -2.08. The molecule has 0 aromatic heterocycles. The van der Waals surface area contributed by atoms with Crippen LogP contribution in [0.1, 0.15) is 11.1 Å². The second kappa shape index (κ2) is 11.0. The second-order valence-corrected chi connectivity index (χ2v) is 9.31. The van der Waals surface area contributed by atoms with Gasteiger partial charge in [0.15, 0.2) is 0 Å². The summed E-state index contributed by atoms with van der Waals surface area (Å²) in [4.78, 5) is 0. The highest BCUT2D eigenvalue weighted by Crippen LogP contribution is 2.43. The van der Waals surface area contributed by atoms with Gasteiger partial charge in [-0.3, -0.25) is 0 Å². The molecule has 5 rings (SSSR count). The summed E-state index contributed by atoms with van der Waals surface area (Å²) < 4.78 is 92.7. The van der Waals surface area contributed by atoms with Crippen molar-refractivity contribution in [3.05, 3.63) is 120 Å². The lowest BCUT2D eigenvalue weighted by molar-refractivity contribution is -0.139. The normalized spacial score (nSPS) is 11.8. The van der Waals surface area contributed by atoms with Crippen molar-refractivity contribution in [3.8, 4) is 45.3 Å². The Hall–Kier alpha value is -5.12. The molecule has 4 N–H and O–H groups in total. The molecule has 0 fully saturated rings. The molecule has 5 aromatic rings. The van der Waals surface area contributed by atoms with E-state index in [4.69, 9.17) is 20.9 Å². The fraction of sp³-hybridized carbons (Fsp3) is 0.0625. The first-order valence-electron chi connectivity index (χ1n) is 12.5. The number of rotatable bonds is 6. The molecule has 0 aliphatic heterocycles. The quantitative estimate of drug-likeness (QED) is 0.155. The van der Waals surface area contributed by atoms with Crippen LogP contribution in [0, 0.1) is 0 Å². The van der Waals surface area contributed by atoms with Gasteiger partial charge in [0.25, 0.3) is 0 Å². The molecule has 0 aliphatic carbocycles. The van der Waals surface area contributed by atoms with E-state index >= 15 is 0 Å². The van der Waals surface area contributed by atoms with Crippen LogP contribution in [0.15, 0.2) is 109 Å². The largest absolute Gasteiger partial charge is 0.457 e. The van der Waals surface area contributed by atoms with Crippen molar-refractivity contribution in [2.24, 2.45) is 0 Å². The van der Waals surface area contributed by atoms with Crippen LogP contribution in [-0.2, 0) is 12.4 Å². The van der Waals surface area contributed by atoms with Crippen molar-refractivity contribution in [1.82, 2.24) is 0 Å². The maximum absolute atomic E-state index is 13.6. The minimum atomic E-state index is -4.69. The van der Waals surface area contributed by atoms with Gasteiger partial charge in [-0.15, -0.1) is 0 Å². The third-order valence-corrected chi connectivity index (χ3v) is 6.31. The van der Waals surface area contributed by atoms with E-state index in [9.17, 15) is 26.3 Å². The Kier molecular flexibility index (Phi) is 7.47. The molecule has 4 nitrogen and oxygen atoms in total. The van der Waals surface area contributed by atoms with Gasteiger partial charge >= 0.3 is 12.4 Å². The molecule has 0 saturated heterocycles. The van der Waals surface area contributed by atoms with E-state index < -0.39 is 35.0 Å². The lowest BCUT2D eigenvalue weighted by atomic mass is 9.94. The molecule has 0 spiro atoms. The highest BCUT2D eigenvalue weighted by molar-refractivity contribution is 5.84. The first-order chi connectivity index (χ1) is 19.9. The Balaban J connectivity index is 1.52. The van der Waals surface area contributed by atoms with Gasteiger partial charge in [-0.2, -0.15) is 26.3 Å². The van der Waals surface area contributed by atoms with E-state index in [0.717, 1.165) is 35.4 Å². The number of benzene rings is 5. The van der Waals surface area contributed by atoms with Gasteiger partial charge in [-0.25, -0.2) is 0 Å². The molecule has 0 heterocycles. The van der Waals surface area contributed by atoms with Crippen LogP contribution < -0.4 is 20.9 Å². The summed E-state index contributed by atoms with van der Waals surface area (Å²) in [7, 11) is 0. The number of hydrogen-bond donors (Lipinski definition) is 2. The number of hydrogen-bond acceptors (Lipinski definition) is 4. The number of anilines is 2. The van der Waals surface area contributed by atoms with Crippen molar-refractivity contribution < 1.29 is 35.8 Å². The zero-order chi connectivity index (χ0) is 30.1. The monoisotopic (exact) mass is 580 g/mol. The summed E-state index contributed by atoms with van der Waals surface area (Å²) >= 11 is 0. The number of nitrogen functional groups attached to an aromatic ring is 2. The number of ether oxygens (including phenoxy) is 2. The van der Waals surface area contributed by atoms with Crippen molar-refractivity contribution in [2.45, 2.75) is 12.4 Å². The van der Waals surface area contributed by atoms with Gasteiger partial charge < -0.3 is 20.9 Å². The molecule has 0 amide bonds. The average Bonchev–Trinajstić information content (AvgIpc) is 2.95. The van der Waals surface area contributed by atoms with Gasteiger partial charge in [0.1, 0.15) is 34.1 Å². The fourth-order valence-electron chi connectivity index (χ4n) is 4.37. The van der Waals surface area contributed by atoms with E-state index in [-0.39, 0.29) is 22.9 Å². The molecular weight excluding hydrogens is 558 g/mol. The maximum atomic E-state index is 13.6. The summed E-state index contributed by atoms with van der Waals surface area (Å²) in [5.74, 6) is -0.548. The maximum Gasteiger partial charge on any atom is 0.420 e. The minimum absolute atomic E-state index is 0.0538. The van der Waals surface area contributed by atoms with Gasteiger partial charge in [0.05, 0.1) is 0 Å². The molecule has 214 valence electrons. The first kappa shape index (κ1) is 28.4. The van der Waals surface area contributed by atoms with E-state index in [1.807, 2.05) is 30.3 Å².